The largest absolute Gasteiger partial charge is 0.232 e. The first-order valence-electron chi connectivity index (χ1n) is 2.20. The molecule has 1 rings (SSSR count). The van der Waals surface area contributed by atoms with Gasteiger partial charge in [-0.3, -0.25) is 0 Å². The Kier molecular flexibility index (Phi) is 3.34. The number of rotatable bonds is 0. The molecular formula is C5Br4N. The predicted octanol–water partition coefficient (Wildman–Crippen LogP) is 3.93. The van der Waals surface area contributed by atoms with Crippen LogP contribution in [0.3, 0.4) is 0 Å². The predicted molar refractivity (Wildman–Crippen MR) is 53.9 cm³/mol. The van der Waals surface area contributed by atoms with Crippen molar-refractivity contribution in [2.75, 3.05) is 0 Å². The molecule has 1 heterocycles. The van der Waals surface area contributed by atoms with Crippen LogP contribution in [-0.2, 0) is 0 Å². The van der Waals surface area contributed by atoms with E-state index < -0.39 is 0 Å². The van der Waals surface area contributed by atoms with Crippen molar-refractivity contribution < 1.29 is 0 Å². The van der Waals surface area contributed by atoms with Gasteiger partial charge in [0.25, 0.3) is 0 Å². The monoisotopic (exact) mass is 390 g/mol. The molecule has 0 aromatic carbocycles. The minimum atomic E-state index is 0.738. The summed E-state index contributed by atoms with van der Waals surface area (Å²) in [6.45, 7) is 0. The standard InChI is InChI=1S/C5Br4N/c6-2-1-3(7)5(9)10-4(2)8. The van der Waals surface area contributed by atoms with Gasteiger partial charge in [-0.05, 0) is 63.7 Å². The molecule has 0 atom stereocenters. The van der Waals surface area contributed by atoms with Crippen LogP contribution >= 0.6 is 63.7 Å². The number of nitrogens with zero attached hydrogens (tertiary/aromatic N) is 1. The van der Waals surface area contributed by atoms with Crippen LogP contribution in [0.1, 0.15) is 0 Å². The zero-order valence-corrected chi connectivity index (χ0v) is 10.8. The SMILES string of the molecule is Brc1[c]c(Br)c(Br)nc1Br. The van der Waals surface area contributed by atoms with Crippen LogP contribution in [0.5, 0.6) is 0 Å². The van der Waals surface area contributed by atoms with Crippen molar-refractivity contribution in [1.29, 1.82) is 0 Å². The maximum Gasteiger partial charge on any atom is 0.122 e. The van der Waals surface area contributed by atoms with Crippen LogP contribution in [0.15, 0.2) is 18.2 Å². The molecule has 5 heteroatoms. The van der Waals surface area contributed by atoms with Gasteiger partial charge in [0.1, 0.15) is 9.21 Å². The van der Waals surface area contributed by atoms with E-state index in [1.54, 1.807) is 0 Å². The third-order valence-corrected chi connectivity index (χ3v) is 4.14. The Hall–Kier alpha value is 1.07. The lowest BCUT2D eigenvalue weighted by Crippen LogP contribution is -1.80. The topological polar surface area (TPSA) is 12.9 Å². The second-order valence-electron chi connectivity index (χ2n) is 1.45. The van der Waals surface area contributed by atoms with E-state index in [-0.39, 0.29) is 0 Å². The third kappa shape index (κ3) is 2.03. The summed E-state index contributed by atoms with van der Waals surface area (Å²) >= 11 is 13.0. The molecule has 1 nitrogen and oxygen atoms in total. The van der Waals surface area contributed by atoms with Crippen molar-refractivity contribution in [3.8, 4) is 0 Å². The zero-order valence-electron chi connectivity index (χ0n) is 4.46. The van der Waals surface area contributed by atoms with Crippen LogP contribution in [0.25, 0.3) is 0 Å². The summed E-state index contributed by atoms with van der Waals surface area (Å²) in [6.07, 6.45) is 0. The molecule has 0 saturated heterocycles. The van der Waals surface area contributed by atoms with Crippen LogP contribution in [0.2, 0.25) is 0 Å². The number of halogens is 4. The van der Waals surface area contributed by atoms with Gasteiger partial charge in [-0.25, -0.2) is 4.98 Å². The van der Waals surface area contributed by atoms with Gasteiger partial charge in [-0.2, -0.15) is 0 Å². The Labute approximate surface area is 92.1 Å². The second-order valence-corrected chi connectivity index (χ2v) is 4.53. The lowest BCUT2D eigenvalue weighted by atomic mass is 10.5. The lowest BCUT2D eigenvalue weighted by Gasteiger charge is -1.96. The fourth-order valence-electron chi connectivity index (χ4n) is 0.384. The Morgan fingerprint density at radius 1 is 0.900 bits per heavy atom. The Bertz CT molecular complexity index is 210. The van der Waals surface area contributed by atoms with Crippen molar-refractivity contribution in [3.05, 3.63) is 24.2 Å². The number of hydrogen-bond acceptors (Lipinski definition) is 1. The summed E-state index contributed by atoms with van der Waals surface area (Å²) in [5.41, 5.74) is 0. The fourth-order valence-corrected chi connectivity index (χ4v) is 2.01. The second kappa shape index (κ2) is 3.65. The Balaban J connectivity index is 3.28. The average molecular weight is 394 g/mol. The van der Waals surface area contributed by atoms with Crippen molar-refractivity contribution in [2.45, 2.75) is 0 Å². The van der Waals surface area contributed by atoms with Crippen LogP contribution in [0, 0.1) is 6.07 Å². The molecule has 0 bridgehead atoms. The smallest absolute Gasteiger partial charge is 0.122 e. The number of aromatic nitrogens is 1. The van der Waals surface area contributed by atoms with E-state index in [9.17, 15) is 0 Å². The molecule has 0 aliphatic rings. The van der Waals surface area contributed by atoms with E-state index in [1.807, 2.05) is 0 Å². The van der Waals surface area contributed by atoms with Crippen molar-refractivity contribution in [1.82, 2.24) is 4.98 Å². The lowest BCUT2D eigenvalue weighted by molar-refractivity contribution is 1.19. The Morgan fingerprint density at radius 2 is 1.30 bits per heavy atom. The van der Waals surface area contributed by atoms with Gasteiger partial charge in [0, 0.05) is 6.07 Å². The Morgan fingerprint density at radius 3 is 1.60 bits per heavy atom. The summed E-state index contributed by atoms with van der Waals surface area (Å²) in [5.74, 6) is 0. The van der Waals surface area contributed by atoms with Crippen LogP contribution in [-0.4, -0.2) is 4.98 Å². The molecule has 1 radical (unpaired) electrons. The summed E-state index contributed by atoms with van der Waals surface area (Å²) < 4.78 is 3.09. The molecular weight excluding hydrogens is 394 g/mol. The fraction of sp³-hybridized carbons (Fsp3) is 0. The summed E-state index contributed by atoms with van der Waals surface area (Å²) in [6, 6.07) is 2.98. The molecule has 0 spiro atoms. The summed E-state index contributed by atoms with van der Waals surface area (Å²) in [4.78, 5) is 4.08. The van der Waals surface area contributed by atoms with E-state index in [4.69, 9.17) is 0 Å². The quantitative estimate of drug-likeness (QED) is 0.609. The number of pyridine rings is 1. The molecule has 10 heavy (non-hydrogen) atoms. The molecule has 0 N–H and O–H groups in total. The highest BCUT2D eigenvalue weighted by molar-refractivity contribution is 9.13. The molecule has 0 fully saturated rings. The van der Waals surface area contributed by atoms with E-state index in [0.29, 0.717) is 0 Å². The van der Waals surface area contributed by atoms with Crippen molar-refractivity contribution in [3.63, 3.8) is 0 Å². The van der Waals surface area contributed by atoms with E-state index in [0.717, 1.165) is 18.2 Å². The van der Waals surface area contributed by atoms with Gasteiger partial charge in [0.2, 0.25) is 0 Å². The highest BCUT2D eigenvalue weighted by Gasteiger charge is 2.03. The van der Waals surface area contributed by atoms with E-state index in [1.165, 1.54) is 0 Å². The molecule has 1 aromatic rings. The van der Waals surface area contributed by atoms with Crippen LogP contribution < -0.4 is 0 Å². The highest BCUT2D eigenvalue weighted by Crippen LogP contribution is 2.28. The first-order chi connectivity index (χ1) is 4.61. The molecule has 0 aliphatic heterocycles. The molecule has 1 aromatic heterocycles. The van der Waals surface area contributed by atoms with Crippen LogP contribution in [0.4, 0.5) is 0 Å². The molecule has 0 unspecified atom stereocenters. The van der Waals surface area contributed by atoms with Crippen molar-refractivity contribution in [2.24, 2.45) is 0 Å². The minimum absolute atomic E-state index is 0.738. The third-order valence-electron chi connectivity index (χ3n) is 0.778. The first-order valence-corrected chi connectivity index (χ1v) is 5.38. The number of hydrogen-bond donors (Lipinski definition) is 0. The zero-order chi connectivity index (χ0) is 7.72. The molecule has 0 amide bonds. The minimum Gasteiger partial charge on any atom is -0.232 e. The van der Waals surface area contributed by atoms with Gasteiger partial charge in [-0.1, -0.05) is 0 Å². The van der Waals surface area contributed by atoms with E-state index >= 15 is 0 Å². The van der Waals surface area contributed by atoms with Gasteiger partial charge in [-0.15, -0.1) is 0 Å². The van der Waals surface area contributed by atoms with Gasteiger partial charge < -0.3 is 0 Å². The molecule has 53 valence electrons. The molecule has 0 aliphatic carbocycles. The molecule has 0 saturated carbocycles. The van der Waals surface area contributed by atoms with Gasteiger partial charge >= 0.3 is 0 Å². The van der Waals surface area contributed by atoms with Crippen molar-refractivity contribution >= 4 is 63.7 Å². The van der Waals surface area contributed by atoms with Gasteiger partial charge in [0.15, 0.2) is 0 Å². The summed E-state index contributed by atoms with van der Waals surface area (Å²) in [7, 11) is 0. The van der Waals surface area contributed by atoms with Gasteiger partial charge in [0.05, 0.1) is 8.95 Å². The highest BCUT2D eigenvalue weighted by atomic mass is 79.9. The van der Waals surface area contributed by atoms with E-state index in [2.05, 4.69) is 74.8 Å². The first kappa shape index (κ1) is 9.16. The normalized spacial score (nSPS) is 10.0. The maximum absolute atomic E-state index is 4.08. The maximum atomic E-state index is 4.08. The summed E-state index contributed by atoms with van der Waals surface area (Å²) in [5, 5.41) is 0. The average Bonchev–Trinajstić information content (AvgIpc) is 1.84.